The highest BCUT2D eigenvalue weighted by molar-refractivity contribution is 5.98. The Labute approximate surface area is 268 Å². The Morgan fingerprint density at radius 3 is 2.30 bits per heavy atom. The standard InChI is InChI=1S/C35H34F6N2O4/c1-21-4-8-24(9-5-21)30(19-42-34(45)35(39,40)41)43-17-16-26(27(20-43)33(44)47-25-12-13-25)23-10-6-22(7-11-23)3-2-18-46-32-29(37)15-14-28(36)31(32)38/h4-11,14-15,25,30H,2-3,12-13,16-20H2,1H3,(H,42,45). The fourth-order valence-corrected chi connectivity index (χ4v) is 5.46. The molecule has 0 bridgehead atoms. The molecule has 2 aliphatic rings. The highest BCUT2D eigenvalue weighted by atomic mass is 19.4. The van der Waals surface area contributed by atoms with E-state index in [4.69, 9.17) is 9.47 Å². The Bertz CT molecular complexity index is 1620. The van der Waals surface area contributed by atoms with Crippen molar-refractivity contribution in [1.29, 1.82) is 0 Å². The molecule has 1 aliphatic carbocycles. The monoisotopic (exact) mass is 660 g/mol. The number of halogens is 6. The van der Waals surface area contributed by atoms with E-state index in [0.29, 0.717) is 43.0 Å². The van der Waals surface area contributed by atoms with Gasteiger partial charge < -0.3 is 14.8 Å². The highest BCUT2D eigenvalue weighted by Crippen LogP contribution is 2.35. The summed E-state index contributed by atoms with van der Waals surface area (Å²) in [6.45, 7) is 2.05. The normalized spacial score (nSPS) is 16.1. The molecule has 0 spiro atoms. The number of esters is 1. The molecular weight excluding hydrogens is 626 g/mol. The van der Waals surface area contributed by atoms with Crippen LogP contribution in [0.1, 0.15) is 54.0 Å². The lowest BCUT2D eigenvalue weighted by Crippen LogP contribution is -2.45. The molecule has 0 radical (unpaired) electrons. The van der Waals surface area contributed by atoms with Gasteiger partial charge >= 0.3 is 18.1 Å². The van der Waals surface area contributed by atoms with E-state index in [9.17, 15) is 35.9 Å². The summed E-state index contributed by atoms with van der Waals surface area (Å²) in [7, 11) is 0. The third-order valence-electron chi connectivity index (χ3n) is 8.20. The number of aryl methyl sites for hydroxylation is 2. The average Bonchev–Trinajstić information content (AvgIpc) is 3.87. The molecule has 6 nitrogen and oxygen atoms in total. The van der Waals surface area contributed by atoms with Crippen LogP contribution in [-0.4, -0.2) is 55.3 Å². The van der Waals surface area contributed by atoms with E-state index in [1.807, 2.05) is 53.5 Å². The van der Waals surface area contributed by atoms with E-state index in [1.54, 1.807) is 12.1 Å². The first-order valence-electron chi connectivity index (χ1n) is 15.3. The van der Waals surface area contributed by atoms with Gasteiger partial charge in [-0.25, -0.2) is 13.6 Å². The van der Waals surface area contributed by atoms with Crippen LogP contribution in [0.4, 0.5) is 26.3 Å². The van der Waals surface area contributed by atoms with Gasteiger partial charge in [-0.3, -0.25) is 9.69 Å². The van der Waals surface area contributed by atoms with Crippen molar-refractivity contribution in [3.8, 4) is 5.75 Å². The number of carbonyl (C=O) groups is 2. The second-order valence-corrected chi connectivity index (χ2v) is 11.7. The van der Waals surface area contributed by atoms with E-state index >= 15 is 0 Å². The number of ether oxygens (including phenoxy) is 2. The first-order chi connectivity index (χ1) is 22.4. The summed E-state index contributed by atoms with van der Waals surface area (Å²) in [4.78, 5) is 27.0. The molecule has 3 aromatic rings. The molecule has 0 aromatic heterocycles. The number of hydrogen-bond acceptors (Lipinski definition) is 5. The Kier molecular flexibility index (Phi) is 10.6. The van der Waals surface area contributed by atoms with Crippen molar-refractivity contribution in [2.75, 3.05) is 26.2 Å². The third kappa shape index (κ3) is 8.73. The third-order valence-corrected chi connectivity index (χ3v) is 8.20. The van der Waals surface area contributed by atoms with Gasteiger partial charge in [-0.1, -0.05) is 54.1 Å². The quantitative estimate of drug-likeness (QED) is 0.0981. The molecule has 5 rings (SSSR count). The van der Waals surface area contributed by atoms with Crippen molar-refractivity contribution >= 4 is 17.4 Å². The molecule has 1 amide bonds. The summed E-state index contributed by atoms with van der Waals surface area (Å²) >= 11 is 0. The van der Waals surface area contributed by atoms with E-state index in [1.165, 1.54) is 0 Å². The van der Waals surface area contributed by atoms with Gasteiger partial charge in [0.25, 0.3) is 0 Å². The second kappa shape index (κ2) is 14.6. The smallest absolute Gasteiger partial charge is 0.471 e. The van der Waals surface area contributed by atoms with Crippen LogP contribution in [-0.2, 0) is 20.7 Å². The molecule has 1 atom stereocenters. The fourth-order valence-electron chi connectivity index (χ4n) is 5.46. The van der Waals surface area contributed by atoms with Crippen LogP contribution in [0.15, 0.2) is 66.2 Å². The molecule has 250 valence electrons. The van der Waals surface area contributed by atoms with Crippen LogP contribution in [0.3, 0.4) is 0 Å². The van der Waals surface area contributed by atoms with Crippen molar-refractivity contribution in [1.82, 2.24) is 10.2 Å². The Morgan fingerprint density at radius 1 is 0.957 bits per heavy atom. The minimum Gasteiger partial charge on any atom is -0.488 e. The van der Waals surface area contributed by atoms with Crippen LogP contribution in [0, 0.1) is 24.4 Å². The summed E-state index contributed by atoms with van der Waals surface area (Å²) in [5.41, 5.74) is 4.52. The van der Waals surface area contributed by atoms with Crippen LogP contribution in [0.2, 0.25) is 0 Å². The van der Waals surface area contributed by atoms with Crippen molar-refractivity contribution in [2.45, 2.75) is 57.3 Å². The molecule has 12 heteroatoms. The number of benzene rings is 3. The summed E-state index contributed by atoms with van der Waals surface area (Å²) < 4.78 is 90.9. The first kappa shape index (κ1) is 34.0. The molecule has 3 aromatic carbocycles. The first-order valence-corrected chi connectivity index (χ1v) is 15.3. The number of nitrogens with one attached hydrogen (secondary N) is 1. The van der Waals surface area contributed by atoms with Gasteiger partial charge in [-0.15, -0.1) is 0 Å². The van der Waals surface area contributed by atoms with Gasteiger partial charge in [0, 0.05) is 19.6 Å². The van der Waals surface area contributed by atoms with E-state index in [0.717, 1.165) is 41.2 Å². The van der Waals surface area contributed by atoms with Crippen LogP contribution >= 0.6 is 0 Å². The number of rotatable bonds is 12. The lowest BCUT2D eigenvalue weighted by molar-refractivity contribution is -0.173. The van der Waals surface area contributed by atoms with Crippen LogP contribution in [0.25, 0.3) is 5.57 Å². The zero-order valence-corrected chi connectivity index (χ0v) is 25.6. The van der Waals surface area contributed by atoms with E-state index in [2.05, 4.69) is 0 Å². The van der Waals surface area contributed by atoms with Gasteiger partial charge in [-0.05, 0) is 73.4 Å². The van der Waals surface area contributed by atoms with E-state index in [-0.39, 0.29) is 25.8 Å². The molecule has 1 N–H and O–H groups in total. The van der Waals surface area contributed by atoms with Crippen molar-refractivity contribution in [3.63, 3.8) is 0 Å². The Balaban J connectivity index is 1.31. The predicted molar refractivity (Wildman–Crippen MR) is 162 cm³/mol. The summed E-state index contributed by atoms with van der Waals surface area (Å²) in [6, 6.07) is 15.6. The lowest BCUT2D eigenvalue weighted by atomic mass is 9.90. The molecule has 1 fully saturated rings. The van der Waals surface area contributed by atoms with Gasteiger partial charge in [-0.2, -0.15) is 17.6 Å². The number of hydrogen-bond donors (Lipinski definition) is 1. The summed E-state index contributed by atoms with van der Waals surface area (Å²) in [5, 5.41) is 2.01. The maximum Gasteiger partial charge on any atom is 0.471 e. The van der Waals surface area contributed by atoms with Crippen LogP contribution in [0.5, 0.6) is 5.75 Å². The zero-order chi connectivity index (χ0) is 33.7. The number of nitrogens with zero attached hydrogens (tertiary/aromatic N) is 1. The fraction of sp³-hybridized carbons (Fsp3) is 0.371. The summed E-state index contributed by atoms with van der Waals surface area (Å²) in [6.07, 6.45) is -2.34. The minimum absolute atomic E-state index is 0.0389. The summed E-state index contributed by atoms with van der Waals surface area (Å²) in [5.74, 6) is -6.82. The molecule has 47 heavy (non-hydrogen) atoms. The maximum absolute atomic E-state index is 13.8. The van der Waals surface area contributed by atoms with Gasteiger partial charge in [0.1, 0.15) is 6.10 Å². The molecule has 1 aliphatic heterocycles. The largest absolute Gasteiger partial charge is 0.488 e. The number of amides is 1. The molecule has 0 saturated heterocycles. The topological polar surface area (TPSA) is 67.9 Å². The van der Waals surface area contributed by atoms with E-state index < -0.39 is 47.3 Å². The van der Waals surface area contributed by atoms with Crippen molar-refractivity contribution < 1.29 is 45.4 Å². The molecule has 1 unspecified atom stereocenters. The molecular formula is C35H34F6N2O4. The van der Waals surface area contributed by atoms with Crippen LogP contribution < -0.4 is 10.1 Å². The second-order valence-electron chi connectivity index (χ2n) is 11.7. The SMILES string of the molecule is Cc1ccc(C(CNC(=O)C(F)(F)F)N2CCC(c3ccc(CCCOc4c(F)ccc(F)c4F)cc3)=C(C(=O)OC3CC3)C2)cc1. The molecule has 1 heterocycles. The highest BCUT2D eigenvalue weighted by Gasteiger charge is 2.40. The minimum atomic E-state index is -5.03. The zero-order valence-electron chi connectivity index (χ0n) is 25.6. The van der Waals surface area contributed by atoms with Crippen molar-refractivity contribution in [3.05, 3.63) is 106 Å². The lowest BCUT2D eigenvalue weighted by Gasteiger charge is -2.37. The maximum atomic E-state index is 13.8. The molecule has 1 saturated carbocycles. The number of carbonyl (C=O) groups excluding carboxylic acids is 2. The van der Waals surface area contributed by atoms with Gasteiger partial charge in [0.05, 0.1) is 18.2 Å². The Morgan fingerprint density at radius 2 is 1.64 bits per heavy atom. The van der Waals surface area contributed by atoms with Crippen molar-refractivity contribution in [2.24, 2.45) is 0 Å². The predicted octanol–water partition coefficient (Wildman–Crippen LogP) is 7.01. The number of alkyl halides is 3. The average molecular weight is 661 g/mol. The van der Waals surface area contributed by atoms with Gasteiger partial charge in [0.2, 0.25) is 5.82 Å². The van der Waals surface area contributed by atoms with Gasteiger partial charge in [0.15, 0.2) is 17.4 Å². The Hall–Kier alpha value is -4.32.